The van der Waals surface area contributed by atoms with Gasteiger partial charge in [0.2, 0.25) is 0 Å². The van der Waals surface area contributed by atoms with Gasteiger partial charge in [-0.2, -0.15) is 0 Å². The van der Waals surface area contributed by atoms with E-state index in [2.05, 4.69) is 37.9 Å². The largest absolute Gasteiger partial charge is 0.371 e. The van der Waals surface area contributed by atoms with Crippen molar-refractivity contribution in [1.82, 2.24) is 5.32 Å². The highest BCUT2D eigenvalue weighted by atomic mass is 19.1. The molecule has 0 aromatic heterocycles. The molecule has 0 heterocycles. The van der Waals surface area contributed by atoms with Crippen molar-refractivity contribution in [1.29, 1.82) is 0 Å². The minimum Gasteiger partial charge on any atom is -0.371 e. The molecule has 20 heavy (non-hydrogen) atoms. The maximum atomic E-state index is 13.1. The molecule has 0 radical (unpaired) electrons. The summed E-state index contributed by atoms with van der Waals surface area (Å²) in [4.78, 5) is 2.34. The Bertz CT molecular complexity index is 377. The Morgan fingerprint density at radius 3 is 2.30 bits per heavy atom. The van der Waals surface area contributed by atoms with Gasteiger partial charge in [0.15, 0.2) is 0 Å². The second-order valence-electron chi connectivity index (χ2n) is 5.83. The average Bonchev–Trinajstić information content (AvgIpc) is 2.44. The highest BCUT2D eigenvalue weighted by molar-refractivity contribution is 5.46. The lowest BCUT2D eigenvalue weighted by Crippen LogP contribution is -2.42. The molecule has 0 spiro atoms. The Hall–Kier alpha value is -1.09. The van der Waals surface area contributed by atoms with E-state index in [9.17, 15) is 4.39 Å². The van der Waals surface area contributed by atoms with E-state index in [0.717, 1.165) is 31.9 Å². The summed E-state index contributed by atoms with van der Waals surface area (Å²) in [6, 6.07) is 6.83. The van der Waals surface area contributed by atoms with Crippen LogP contribution in [0.2, 0.25) is 0 Å². The first-order valence-corrected chi connectivity index (χ1v) is 7.76. The molecular weight excluding hydrogens is 251 g/mol. The topological polar surface area (TPSA) is 15.3 Å². The Morgan fingerprint density at radius 2 is 1.80 bits per heavy atom. The second-order valence-corrected chi connectivity index (χ2v) is 5.83. The molecule has 0 amide bonds. The predicted molar refractivity (Wildman–Crippen MR) is 85.8 cm³/mol. The van der Waals surface area contributed by atoms with Crippen molar-refractivity contribution in [2.24, 2.45) is 5.41 Å². The van der Waals surface area contributed by atoms with E-state index in [4.69, 9.17) is 0 Å². The van der Waals surface area contributed by atoms with Crippen LogP contribution in [0.1, 0.15) is 40.5 Å². The van der Waals surface area contributed by atoms with Gasteiger partial charge in [0.25, 0.3) is 0 Å². The molecule has 0 aliphatic rings. The minimum atomic E-state index is -0.172. The highest BCUT2D eigenvalue weighted by Crippen LogP contribution is 2.27. The standard InChI is InChI=1S/C17H29FN2/c1-5-12-17(4,13-19-6-2)14-20(7-3)16-10-8-15(18)9-11-16/h8-11,19H,5-7,12-14H2,1-4H3. The van der Waals surface area contributed by atoms with Crippen LogP contribution in [0.15, 0.2) is 24.3 Å². The third kappa shape index (κ3) is 5.12. The summed E-state index contributed by atoms with van der Waals surface area (Å²) in [6.45, 7) is 12.8. The van der Waals surface area contributed by atoms with Gasteiger partial charge in [0.05, 0.1) is 0 Å². The van der Waals surface area contributed by atoms with Gasteiger partial charge >= 0.3 is 0 Å². The molecule has 2 nitrogen and oxygen atoms in total. The summed E-state index contributed by atoms with van der Waals surface area (Å²) in [7, 11) is 0. The molecule has 0 aliphatic heterocycles. The summed E-state index contributed by atoms with van der Waals surface area (Å²) in [6.07, 6.45) is 2.38. The molecule has 3 heteroatoms. The average molecular weight is 280 g/mol. The minimum absolute atomic E-state index is 0.172. The number of halogens is 1. The summed E-state index contributed by atoms with van der Waals surface area (Å²) < 4.78 is 13.1. The van der Waals surface area contributed by atoms with Crippen molar-refractivity contribution in [3.8, 4) is 0 Å². The van der Waals surface area contributed by atoms with E-state index in [1.807, 2.05) is 12.1 Å². The molecule has 1 rings (SSSR count). The first-order valence-electron chi connectivity index (χ1n) is 7.76. The molecule has 1 atom stereocenters. The number of benzene rings is 1. The molecule has 1 N–H and O–H groups in total. The van der Waals surface area contributed by atoms with Crippen LogP contribution in [0.4, 0.5) is 10.1 Å². The Kier molecular flexibility index (Phi) is 7.00. The van der Waals surface area contributed by atoms with Crippen molar-refractivity contribution in [2.45, 2.75) is 40.5 Å². The third-order valence-corrected chi connectivity index (χ3v) is 3.80. The molecule has 0 saturated carbocycles. The van der Waals surface area contributed by atoms with Crippen molar-refractivity contribution < 1.29 is 4.39 Å². The van der Waals surface area contributed by atoms with Crippen molar-refractivity contribution in [3.05, 3.63) is 30.1 Å². The molecule has 114 valence electrons. The van der Waals surface area contributed by atoms with E-state index in [-0.39, 0.29) is 11.2 Å². The number of nitrogens with one attached hydrogen (secondary N) is 1. The lowest BCUT2D eigenvalue weighted by Gasteiger charge is -2.36. The van der Waals surface area contributed by atoms with Gasteiger partial charge in [-0.3, -0.25) is 0 Å². The van der Waals surface area contributed by atoms with Crippen LogP contribution in [0.3, 0.4) is 0 Å². The van der Waals surface area contributed by atoms with Crippen molar-refractivity contribution in [2.75, 3.05) is 31.1 Å². The SMILES string of the molecule is CCCC(C)(CNCC)CN(CC)c1ccc(F)cc1. The van der Waals surface area contributed by atoms with Gasteiger partial charge in [-0.1, -0.05) is 27.2 Å². The molecule has 0 aliphatic carbocycles. The second kappa shape index (κ2) is 8.25. The van der Waals surface area contributed by atoms with Crippen molar-refractivity contribution >= 4 is 5.69 Å². The zero-order valence-corrected chi connectivity index (χ0v) is 13.4. The van der Waals surface area contributed by atoms with E-state index in [0.29, 0.717) is 0 Å². The molecule has 1 aromatic carbocycles. The van der Waals surface area contributed by atoms with Crippen LogP contribution >= 0.6 is 0 Å². The third-order valence-electron chi connectivity index (χ3n) is 3.80. The lowest BCUT2D eigenvalue weighted by molar-refractivity contribution is 0.283. The maximum Gasteiger partial charge on any atom is 0.123 e. The molecule has 0 saturated heterocycles. The summed E-state index contributed by atoms with van der Waals surface area (Å²) in [5.41, 5.74) is 1.35. The Morgan fingerprint density at radius 1 is 1.15 bits per heavy atom. The van der Waals surface area contributed by atoms with E-state index < -0.39 is 0 Å². The van der Waals surface area contributed by atoms with E-state index in [1.165, 1.54) is 12.8 Å². The maximum absolute atomic E-state index is 13.1. The normalized spacial score (nSPS) is 14.1. The van der Waals surface area contributed by atoms with Gasteiger partial charge < -0.3 is 10.2 Å². The van der Waals surface area contributed by atoms with E-state index in [1.54, 1.807) is 12.1 Å². The van der Waals surface area contributed by atoms with Crippen molar-refractivity contribution in [3.63, 3.8) is 0 Å². The van der Waals surface area contributed by atoms with Crippen LogP contribution in [0.5, 0.6) is 0 Å². The fraction of sp³-hybridized carbons (Fsp3) is 0.647. The van der Waals surface area contributed by atoms with Gasteiger partial charge in [-0.15, -0.1) is 0 Å². The molecule has 0 bridgehead atoms. The van der Waals surface area contributed by atoms with Gasteiger partial charge in [-0.05, 0) is 49.6 Å². The summed E-state index contributed by atoms with van der Waals surface area (Å²) in [5, 5.41) is 3.48. The number of hydrogen-bond donors (Lipinski definition) is 1. The Balaban J connectivity index is 2.79. The molecule has 1 unspecified atom stereocenters. The number of rotatable bonds is 9. The van der Waals surface area contributed by atoms with Crippen LogP contribution in [0.25, 0.3) is 0 Å². The van der Waals surface area contributed by atoms with E-state index >= 15 is 0 Å². The monoisotopic (exact) mass is 280 g/mol. The lowest BCUT2D eigenvalue weighted by atomic mass is 9.84. The van der Waals surface area contributed by atoms with Gasteiger partial charge in [0.1, 0.15) is 5.82 Å². The molecular formula is C17H29FN2. The molecule has 1 aromatic rings. The Labute approximate surface area is 123 Å². The quantitative estimate of drug-likeness (QED) is 0.733. The number of hydrogen-bond acceptors (Lipinski definition) is 2. The summed E-state index contributed by atoms with van der Waals surface area (Å²) >= 11 is 0. The zero-order chi connectivity index (χ0) is 15.0. The zero-order valence-electron chi connectivity index (χ0n) is 13.4. The first kappa shape index (κ1) is 17.0. The van der Waals surface area contributed by atoms with Gasteiger partial charge in [0, 0.05) is 25.3 Å². The van der Waals surface area contributed by atoms with Crippen LogP contribution in [-0.2, 0) is 0 Å². The fourth-order valence-corrected chi connectivity index (χ4v) is 2.75. The smallest absolute Gasteiger partial charge is 0.123 e. The number of nitrogens with zero attached hydrogens (tertiary/aromatic N) is 1. The highest BCUT2D eigenvalue weighted by Gasteiger charge is 2.25. The fourth-order valence-electron chi connectivity index (χ4n) is 2.75. The first-order chi connectivity index (χ1) is 9.54. The summed E-state index contributed by atoms with van der Waals surface area (Å²) in [5.74, 6) is -0.172. The van der Waals surface area contributed by atoms with Gasteiger partial charge in [-0.25, -0.2) is 4.39 Å². The molecule has 0 fully saturated rings. The number of anilines is 1. The van der Waals surface area contributed by atoms with Crippen LogP contribution in [-0.4, -0.2) is 26.2 Å². The predicted octanol–water partition coefficient (Wildman–Crippen LogP) is 4.07. The van der Waals surface area contributed by atoms with Crippen LogP contribution < -0.4 is 10.2 Å². The van der Waals surface area contributed by atoms with Crippen LogP contribution in [0, 0.1) is 11.2 Å².